The van der Waals surface area contributed by atoms with E-state index in [1.165, 1.54) is 11.3 Å². The fourth-order valence-corrected chi connectivity index (χ4v) is 8.81. The molecule has 1 aliphatic heterocycles. The average molecular weight is 684 g/mol. The molecule has 0 spiro atoms. The minimum absolute atomic E-state index is 0.0778. The molecule has 2 heterocycles. The first-order valence-electron chi connectivity index (χ1n) is 16.2. The van der Waals surface area contributed by atoms with Crippen LogP contribution in [0, 0.1) is 31.6 Å². The Kier molecular flexibility index (Phi) is 9.18. The maximum absolute atomic E-state index is 13.9. The minimum atomic E-state index is -3.83. The molecule has 3 N–H and O–H groups in total. The standard InChI is InChI=1S/C33H41N5O7S2/c1-19-9-12-24(29-34-20(2)18-46-29)27(14-19)35-32(42)45-22-15-25-26(16-22)30(40)38(3)13-7-5-4-6-8-21-17-33(21,36-28(25)39)31(41)37-47(43,44)23-10-11-23/h6,8-9,12,14,18,21-23,25-26H,4-5,7,10-11,13,15-17H2,1-3H3,(H,35,42)(H,36,39)(H,37,41)/b8-6-/t21-,22+,25+,26+,33+/m0/s1. The zero-order valence-electron chi connectivity index (χ0n) is 26.8. The summed E-state index contributed by atoms with van der Waals surface area (Å²) in [6, 6.07) is 5.66. The lowest BCUT2D eigenvalue weighted by Gasteiger charge is -2.26. The molecule has 47 heavy (non-hydrogen) atoms. The molecule has 3 aliphatic carbocycles. The van der Waals surface area contributed by atoms with Gasteiger partial charge in [0.25, 0.3) is 5.91 Å². The molecule has 1 aromatic heterocycles. The van der Waals surface area contributed by atoms with Crippen molar-refractivity contribution < 1.29 is 32.3 Å². The Labute approximate surface area is 278 Å². The van der Waals surface area contributed by atoms with Crippen molar-refractivity contribution in [3.63, 3.8) is 0 Å². The predicted octanol–water partition coefficient (Wildman–Crippen LogP) is 4.05. The van der Waals surface area contributed by atoms with Crippen molar-refractivity contribution in [2.75, 3.05) is 18.9 Å². The number of nitrogens with zero attached hydrogens (tertiary/aromatic N) is 2. The van der Waals surface area contributed by atoms with E-state index < -0.39 is 56.7 Å². The third-order valence-electron chi connectivity index (χ3n) is 9.53. The van der Waals surface area contributed by atoms with E-state index in [1.54, 1.807) is 11.9 Å². The highest BCUT2D eigenvalue weighted by Gasteiger charge is 2.62. The maximum atomic E-state index is 13.9. The van der Waals surface area contributed by atoms with Crippen molar-refractivity contribution in [1.29, 1.82) is 0 Å². The first-order chi connectivity index (χ1) is 22.4. The number of thiazole rings is 1. The van der Waals surface area contributed by atoms with Crippen molar-refractivity contribution in [3.8, 4) is 10.6 Å². The highest BCUT2D eigenvalue weighted by atomic mass is 32.2. The summed E-state index contributed by atoms with van der Waals surface area (Å²) in [5.74, 6) is -3.55. The molecule has 0 radical (unpaired) electrons. The number of ether oxygens (including phenoxy) is 1. The number of hydrogen-bond donors (Lipinski definition) is 3. The Morgan fingerprint density at radius 1 is 1.13 bits per heavy atom. The summed E-state index contributed by atoms with van der Waals surface area (Å²) in [4.78, 5) is 60.5. The Morgan fingerprint density at radius 3 is 2.62 bits per heavy atom. The monoisotopic (exact) mass is 683 g/mol. The third kappa shape index (κ3) is 7.23. The minimum Gasteiger partial charge on any atom is -0.446 e. The Morgan fingerprint density at radius 2 is 1.89 bits per heavy atom. The molecule has 12 nitrogen and oxygen atoms in total. The van der Waals surface area contributed by atoms with Crippen LogP contribution in [0.5, 0.6) is 0 Å². The van der Waals surface area contributed by atoms with Gasteiger partial charge in [0.05, 0.1) is 22.8 Å². The van der Waals surface area contributed by atoms with Crippen LogP contribution >= 0.6 is 11.3 Å². The summed E-state index contributed by atoms with van der Waals surface area (Å²) in [6.45, 7) is 4.33. The number of fused-ring (bicyclic) bond motifs is 2. The van der Waals surface area contributed by atoms with Gasteiger partial charge in [-0.2, -0.15) is 0 Å². The molecular weight excluding hydrogens is 643 g/mol. The molecular formula is C33H41N5O7S2. The van der Waals surface area contributed by atoms with E-state index in [2.05, 4.69) is 20.3 Å². The van der Waals surface area contributed by atoms with Gasteiger partial charge in [-0.25, -0.2) is 18.2 Å². The third-order valence-corrected chi connectivity index (χ3v) is 12.3. The number of benzene rings is 1. The van der Waals surface area contributed by atoms with Crippen LogP contribution < -0.4 is 15.4 Å². The average Bonchev–Trinajstić information content (AvgIpc) is 3.90. The van der Waals surface area contributed by atoms with Crippen molar-refractivity contribution in [1.82, 2.24) is 19.9 Å². The molecule has 1 aromatic carbocycles. The molecule has 4 aliphatic rings. The largest absolute Gasteiger partial charge is 0.446 e. The number of carbonyl (C=O) groups is 4. The highest BCUT2D eigenvalue weighted by molar-refractivity contribution is 7.91. The quantitative estimate of drug-likeness (QED) is 0.384. The fraction of sp³-hybridized carbons (Fsp3) is 0.545. The second-order valence-electron chi connectivity index (χ2n) is 13.3. The number of sulfonamides is 1. The van der Waals surface area contributed by atoms with E-state index in [4.69, 9.17) is 4.74 Å². The molecule has 14 heteroatoms. The second-order valence-corrected chi connectivity index (χ2v) is 16.1. The zero-order chi connectivity index (χ0) is 33.5. The Bertz CT molecular complexity index is 1720. The Balaban J connectivity index is 1.20. The number of aryl methyl sites for hydroxylation is 2. The normalized spacial score (nSPS) is 28.7. The lowest BCUT2D eigenvalue weighted by atomic mass is 9.93. The summed E-state index contributed by atoms with van der Waals surface area (Å²) in [5, 5.41) is 7.78. The van der Waals surface area contributed by atoms with Gasteiger partial charge in [0.1, 0.15) is 16.7 Å². The number of aromatic nitrogens is 1. The van der Waals surface area contributed by atoms with Gasteiger partial charge in [0, 0.05) is 36.1 Å². The Hall–Kier alpha value is -3.78. The van der Waals surface area contributed by atoms with Gasteiger partial charge in [0.2, 0.25) is 21.8 Å². The lowest BCUT2D eigenvalue weighted by Crippen LogP contribution is -2.54. The van der Waals surface area contributed by atoms with Gasteiger partial charge in [0.15, 0.2) is 0 Å². The molecule has 0 bridgehead atoms. The molecule has 2 aromatic rings. The number of carbonyl (C=O) groups excluding carboxylic acids is 4. The molecule has 0 saturated heterocycles. The number of rotatable bonds is 6. The van der Waals surface area contributed by atoms with Crippen LogP contribution in [0.1, 0.15) is 62.6 Å². The summed E-state index contributed by atoms with van der Waals surface area (Å²) in [5.41, 5.74) is 1.67. The van der Waals surface area contributed by atoms with Crippen LogP contribution in [-0.4, -0.2) is 72.6 Å². The van der Waals surface area contributed by atoms with Gasteiger partial charge < -0.3 is 15.0 Å². The molecule has 252 valence electrons. The van der Waals surface area contributed by atoms with E-state index in [1.807, 2.05) is 49.6 Å². The second kappa shape index (κ2) is 13.0. The molecule has 4 amide bonds. The van der Waals surface area contributed by atoms with Gasteiger partial charge in [-0.15, -0.1) is 11.3 Å². The van der Waals surface area contributed by atoms with Crippen molar-refractivity contribution in [3.05, 3.63) is 47.0 Å². The van der Waals surface area contributed by atoms with E-state index in [-0.39, 0.29) is 31.1 Å². The molecule has 5 atom stereocenters. The predicted molar refractivity (Wildman–Crippen MR) is 177 cm³/mol. The van der Waals surface area contributed by atoms with Crippen molar-refractivity contribution >= 4 is 50.9 Å². The SMILES string of the molecule is Cc1ccc(-c2nc(C)cs2)c(NC(=O)O[C@@H]2C[C@H]3C(=O)N[C@]4(C(=O)NS(=O)(=O)C5CC5)C[C@@H]4/C=C\CCCCN(C)C(=O)[C@@H]3C2)c1. The first kappa shape index (κ1) is 33.1. The van der Waals surface area contributed by atoms with Gasteiger partial charge in [-0.1, -0.05) is 18.2 Å². The van der Waals surface area contributed by atoms with E-state index in [9.17, 15) is 27.6 Å². The van der Waals surface area contributed by atoms with Crippen LogP contribution in [0.25, 0.3) is 10.6 Å². The first-order valence-corrected chi connectivity index (χ1v) is 18.6. The molecule has 6 rings (SSSR count). The van der Waals surface area contributed by atoms with Crippen LogP contribution in [0.3, 0.4) is 0 Å². The fourth-order valence-electron chi connectivity index (χ4n) is 6.61. The molecule has 3 saturated carbocycles. The molecule has 0 unspecified atom stereocenters. The summed E-state index contributed by atoms with van der Waals surface area (Å²) < 4.78 is 33.3. The van der Waals surface area contributed by atoms with Crippen molar-refractivity contribution in [2.45, 2.75) is 82.1 Å². The molecule has 3 fully saturated rings. The number of allylic oxidation sites excluding steroid dienone is 1. The number of anilines is 1. The lowest BCUT2D eigenvalue weighted by molar-refractivity contribution is -0.140. The van der Waals surface area contributed by atoms with E-state index >= 15 is 0 Å². The topological polar surface area (TPSA) is 164 Å². The van der Waals surface area contributed by atoms with Crippen LogP contribution in [0.15, 0.2) is 35.7 Å². The maximum Gasteiger partial charge on any atom is 0.411 e. The zero-order valence-corrected chi connectivity index (χ0v) is 28.4. The van der Waals surface area contributed by atoms with Crippen LogP contribution in [0.4, 0.5) is 10.5 Å². The van der Waals surface area contributed by atoms with Gasteiger partial charge >= 0.3 is 6.09 Å². The van der Waals surface area contributed by atoms with Crippen LogP contribution in [-0.2, 0) is 29.1 Å². The number of hydrogen-bond acceptors (Lipinski definition) is 9. The van der Waals surface area contributed by atoms with E-state index in [0.29, 0.717) is 25.1 Å². The summed E-state index contributed by atoms with van der Waals surface area (Å²) >= 11 is 1.47. The number of amides is 4. The van der Waals surface area contributed by atoms with Gasteiger partial charge in [-0.05, 0) is 82.9 Å². The highest BCUT2D eigenvalue weighted by Crippen LogP contribution is 2.47. The van der Waals surface area contributed by atoms with Crippen LogP contribution in [0.2, 0.25) is 0 Å². The summed E-state index contributed by atoms with van der Waals surface area (Å²) in [6.07, 6.45) is 6.14. The number of nitrogens with one attached hydrogen (secondary N) is 3. The van der Waals surface area contributed by atoms with Gasteiger partial charge in [-0.3, -0.25) is 24.4 Å². The van der Waals surface area contributed by atoms with E-state index in [0.717, 1.165) is 41.1 Å². The smallest absolute Gasteiger partial charge is 0.411 e. The van der Waals surface area contributed by atoms with Crippen molar-refractivity contribution in [2.24, 2.45) is 17.8 Å². The summed E-state index contributed by atoms with van der Waals surface area (Å²) in [7, 11) is -2.13.